The van der Waals surface area contributed by atoms with E-state index in [4.69, 9.17) is 14.2 Å². The number of methoxy groups -OCH3 is 1. The van der Waals surface area contributed by atoms with Crippen LogP contribution >= 0.6 is 11.3 Å². The minimum absolute atomic E-state index is 0.306. The molecular weight excluding hydrogens is 419 g/mol. The molecule has 6 nitrogen and oxygen atoms in total. The fourth-order valence-corrected chi connectivity index (χ4v) is 3.98. The van der Waals surface area contributed by atoms with E-state index < -0.39 is 5.97 Å². The zero-order valence-corrected chi connectivity index (χ0v) is 17.5. The van der Waals surface area contributed by atoms with Crippen molar-refractivity contribution in [3.05, 3.63) is 71.6 Å². The minimum Gasteiger partial charge on any atom is -0.493 e. The topological polar surface area (TPSA) is 70.5 Å². The first-order chi connectivity index (χ1) is 15.2. The van der Waals surface area contributed by atoms with E-state index in [-0.39, 0.29) is 5.82 Å². The molecule has 0 saturated carbocycles. The summed E-state index contributed by atoms with van der Waals surface area (Å²) in [5.74, 6) is 0.270. The van der Waals surface area contributed by atoms with Crippen molar-refractivity contribution >= 4 is 27.5 Å². The van der Waals surface area contributed by atoms with E-state index in [1.807, 2.05) is 5.38 Å². The number of carbonyl (C=O) groups is 1. The summed E-state index contributed by atoms with van der Waals surface area (Å²) in [5.41, 5.74) is 1.63. The summed E-state index contributed by atoms with van der Waals surface area (Å²) in [6.45, 7) is 0.748. The van der Waals surface area contributed by atoms with Crippen molar-refractivity contribution in [2.45, 2.75) is 6.42 Å². The summed E-state index contributed by atoms with van der Waals surface area (Å²) in [6.07, 6.45) is 2.03. The number of fused-ring (bicyclic) bond motifs is 1. The van der Waals surface area contributed by atoms with Gasteiger partial charge in [-0.1, -0.05) is 24.3 Å². The summed E-state index contributed by atoms with van der Waals surface area (Å²) in [4.78, 5) is 20.9. The Morgan fingerprint density at radius 3 is 2.71 bits per heavy atom. The van der Waals surface area contributed by atoms with Gasteiger partial charge in [0.15, 0.2) is 0 Å². The lowest BCUT2D eigenvalue weighted by atomic mass is 10.1. The summed E-state index contributed by atoms with van der Waals surface area (Å²) >= 11 is 1.42. The molecule has 0 fully saturated rings. The molecule has 4 rings (SSSR count). The van der Waals surface area contributed by atoms with Crippen LogP contribution in [0.4, 0.5) is 4.39 Å². The number of nitrogens with zero attached hydrogens (tertiary/aromatic N) is 2. The molecule has 0 amide bonds. The van der Waals surface area contributed by atoms with Gasteiger partial charge >= 0.3 is 5.97 Å². The molecule has 0 aliphatic heterocycles. The van der Waals surface area contributed by atoms with Gasteiger partial charge in [-0.15, -0.1) is 11.3 Å². The van der Waals surface area contributed by atoms with E-state index in [2.05, 4.69) is 9.97 Å². The average molecular weight is 438 g/mol. The zero-order chi connectivity index (χ0) is 21.6. The van der Waals surface area contributed by atoms with E-state index in [1.54, 1.807) is 42.5 Å². The van der Waals surface area contributed by atoms with Crippen molar-refractivity contribution in [3.8, 4) is 22.8 Å². The average Bonchev–Trinajstić information content (AvgIpc) is 3.23. The molecule has 0 N–H and O–H groups in total. The number of rotatable bonds is 8. The lowest BCUT2D eigenvalue weighted by Gasteiger charge is -2.10. The number of hydrogen-bond acceptors (Lipinski definition) is 7. The number of benzene rings is 2. The molecule has 31 heavy (non-hydrogen) atoms. The van der Waals surface area contributed by atoms with E-state index in [1.165, 1.54) is 30.8 Å². The molecule has 4 aromatic rings. The molecule has 0 aliphatic rings. The largest absolute Gasteiger partial charge is 0.493 e. The third-order valence-corrected chi connectivity index (χ3v) is 5.44. The van der Waals surface area contributed by atoms with Gasteiger partial charge in [-0.2, -0.15) is 0 Å². The molecule has 0 bridgehead atoms. The highest BCUT2D eigenvalue weighted by molar-refractivity contribution is 7.17. The maximum atomic E-state index is 14.3. The van der Waals surface area contributed by atoms with E-state index in [0.29, 0.717) is 53.3 Å². The van der Waals surface area contributed by atoms with Crippen LogP contribution in [0.1, 0.15) is 16.8 Å². The Bertz CT molecular complexity index is 1210. The van der Waals surface area contributed by atoms with Crippen molar-refractivity contribution in [2.24, 2.45) is 0 Å². The first kappa shape index (κ1) is 20.7. The van der Waals surface area contributed by atoms with Gasteiger partial charge in [0.2, 0.25) is 5.88 Å². The van der Waals surface area contributed by atoms with Crippen molar-refractivity contribution in [3.63, 3.8) is 0 Å². The number of carbonyl (C=O) groups excluding carboxylic acids is 1. The lowest BCUT2D eigenvalue weighted by Crippen LogP contribution is -2.07. The predicted molar refractivity (Wildman–Crippen MR) is 116 cm³/mol. The van der Waals surface area contributed by atoms with Crippen LogP contribution in [0.3, 0.4) is 0 Å². The first-order valence-corrected chi connectivity index (χ1v) is 10.5. The summed E-state index contributed by atoms with van der Waals surface area (Å²) in [5, 5.41) is 2.56. The highest BCUT2D eigenvalue weighted by atomic mass is 32.1. The summed E-state index contributed by atoms with van der Waals surface area (Å²) in [6, 6.07) is 13.4. The van der Waals surface area contributed by atoms with E-state index >= 15 is 0 Å². The van der Waals surface area contributed by atoms with Gasteiger partial charge in [-0.05, 0) is 24.3 Å². The molecule has 0 spiro atoms. The maximum absolute atomic E-state index is 14.3. The van der Waals surface area contributed by atoms with Gasteiger partial charge in [0, 0.05) is 22.9 Å². The molecule has 0 radical (unpaired) electrons. The first-order valence-electron chi connectivity index (χ1n) is 9.58. The summed E-state index contributed by atoms with van der Waals surface area (Å²) in [7, 11) is 1.34. The normalized spacial score (nSPS) is 10.8. The van der Waals surface area contributed by atoms with Crippen LogP contribution < -0.4 is 9.47 Å². The Labute approximate surface area is 182 Å². The third kappa shape index (κ3) is 4.64. The molecule has 0 atom stereocenters. The second kappa shape index (κ2) is 9.53. The van der Waals surface area contributed by atoms with Crippen LogP contribution in [-0.4, -0.2) is 36.3 Å². The van der Waals surface area contributed by atoms with Gasteiger partial charge in [-0.25, -0.2) is 19.2 Å². The fraction of sp³-hybridized carbons (Fsp3) is 0.174. The molecule has 2 heterocycles. The smallest absolute Gasteiger partial charge is 0.337 e. The fourth-order valence-electron chi connectivity index (χ4n) is 3.08. The monoisotopic (exact) mass is 438 g/mol. The second-order valence-electron chi connectivity index (χ2n) is 6.56. The number of aromatic nitrogens is 2. The van der Waals surface area contributed by atoms with Crippen LogP contribution in [-0.2, 0) is 4.74 Å². The van der Waals surface area contributed by atoms with Crippen LogP contribution in [0, 0.1) is 5.82 Å². The molecule has 2 aromatic carbocycles. The van der Waals surface area contributed by atoms with Crippen LogP contribution in [0.25, 0.3) is 21.3 Å². The van der Waals surface area contributed by atoms with Crippen molar-refractivity contribution in [1.29, 1.82) is 0 Å². The number of esters is 1. The molecular formula is C23H19FN2O4S. The maximum Gasteiger partial charge on any atom is 0.337 e. The second-order valence-corrected chi connectivity index (χ2v) is 7.42. The zero-order valence-electron chi connectivity index (χ0n) is 16.7. The SMILES string of the molecule is COC(=O)c1cccc(OCCCOc2ncnc3scc(-c4ccccc4F)c23)c1. The van der Waals surface area contributed by atoms with Crippen molar-refractivity contribution in [1.82, 2.24) is 9.97 Å². The molecule has 0 aliphatic carbocycles. The minimum atomic E-state index is -0.414. The van der Waals surface area contributed by atoms with Gasteiger partial charge in [-0.3, -0.25) is 0 Å². The van der Waals surface area contributed by atoms with Crippen molar-refractivity contribution in [2.75, 3.05) is 20.3 Å². The quantitative estimate of drug-likeness (QED) is 0.281. The Kier molecular flexibility index (Phi) is 6.37. The summed E-state index contributed by atoms with van der Waals surface area (Å²) < 4.78 is 30.6. The molecule has 0 saturated heterocycles. The van der Waals surface area contributed by atoms with Gasteiger partial charge in [0.1, 0.15) is 22.7 Å². The highest BCUT2D eigenvalue weighted by Gasteiger charge is 2.16. The molecule has 158 valence electrons. The predicted octanol–water partition coefficient (Wildman–Crippen LogP) is 5.13. The Morgan fingerprint density at radius 2 is 1.87 bits per heavy atom. The van der Waals surface area contributed by atoms with Crippen LogP contribution in [0.2, 0.25) is 0 Å². The van der Waals surface area contributed by atoms with Gasteiger partial charge < -0.3 is 14.2 Å². The third-order valence-electron chi connectivity index (χ3n) is 4.55. The Hall–Kier alpha value is -3.52. The lowest BCUT2D eigenvalue weighted by molar-refractivity contribution is 0.0600. The van der Waals surface area contributed by atoms with Crippen molar-refractivity contribution < 1.29 is 23.4 Å². The van der Waals surface area contributed by atoms with E-state index in [9.17, 15) is 9.18 Å². The van der Waals surface area contributed by atoms with E-state index in [0.717, 1.165) is 4.83 Å². The van der Waals surface area contributed by atoms with Crippen LogP contribution in [0.5, 0.6) is 11.6 Å². The Balaban J connectivity index is 1.41. The standard InChI is InChI=1S/C23H19FN2O4S/c1-28-23(27)15-6-4-7-16(12-15)29-10-5-11-30-21-20-18(13-31-22(20)26-14-25-21)17-8-2-3-9-19(17)24/h2-4,6-9,12-14H,5,10-11H2,1H3. The number of ether oxygens (including phenoxy) is 3. The molecule has 0 unspecified atom stereocenters. The Morgan fingerprint density at radius 1 is 1.03 bits per heavy atom. The van der Waals surface area contributed by atoms with Gasteiger partial charge in [0.05, 0.1) is 31.3 Å². The van der Waals surface area contributed by atoms with Crippen LogP contribution in [0.15, 0.2) is 60.2 Å². The number of hydrogen-bond donors (Lipinski definition) is 0. The molecule has 2 aromatic heterocycles. The van der Waals surface area contributed by atoms with Gasteiger partial charge in [0.25, 0.3) is 0 Å². The highest BCUT2D eigenvalue weighted by Crippen LogP contribution is 2.38. The molecule has 8 heteroatoms. The number of halogens is 1. The number of thiophene rings is 1.